The Labute approximate surface area is 193 Å². The zero-order chi connectivity index (χ0) is 22.8. The van der Waals surface area contributed by atoms with Crippen LogP contribution in [0.1, 0.15) is 17.0 Å². The normalized spacial score (nSPS) is 11.1. The zero-order valence-corrected chi connectivity index (χ0v) is 18.1. The van der Waals surface area contributed by atoms with Crippen molar-refractivity contribution in [2.75, 3.05) is 5.43 Å². The van der Waals surface area contributed by atoms with Crippen LogP contribution in [0.3, 0.4) is 0 Å². The number of hydrogen-bond acceptors (Lipinski definition) is 4. The number of halogens is 1. The zero-order valence-electron chi connectivity index (χ0n) is 17.3. The van der Waals surface area contributed by atoms with Crippen molar-refractivity contribution in [3.63, 3.8) is 0 Å². The fourth-order valence-corrected chi connectivity index (χ4v) is 3.94. The van der Waals surface area contributed by atoms with E-state index < -0.39 is 11.5 Å². The quantitative estimate of drug-likeness (QED) is 0.432. The Morgan fingerprint density at radius 3 is 2.21 bits per heavy atom. The third-order valence-corrected chi connectivity index (χ3v) is 5.54. The van der Waals surface area contributed by atoms with Gasteiger partial charge in [-0.3, -0.25) is 15.0 Å². The van der Waals surface area contributed by atoms with E-state index in [1.54, 1.807) is 18.2 Å². The smallest absolute Gasteiger partial charge is 0.272 e. The molecule has 162 valence electrons. The van der Waals surface area contributed by atoms with Gasteiger partial charge in [0, 0.05) is 5.02 Å². The van der Waals surface area contributed by atoms with Crippen molar-refractivity contribution in [2.24, 2.45) is 0 Å². The first-order valence-corrected chi connectivity index (χ1v) is 10.6. The van der Waals surface area contributed by atoms with Gasteiger partial charge in [-0.1, -0.05) is 78.3 Å². The number of hydrogen-bond donors (Lipinski definition) is 1. The lowest BCUT2D eigenvalue weighted by atomic mass is 9.91. The summed E-state index contributed by atoms with van der Waals surface area (Å²) in [6.45, 7) is 0. The maximum Gasteiger partial charge on any atom is 0.283 e. The minimum atomic E-state index is -0.593. The van der Waals surface area contributed by atoms with Crippen molar-refractivity contribution in [1.82, 2.24) is 19.4 Å². The van der Waals surface area contributed by atoms with Gasteiger partial charge in [0.1, 0.15) is 11.7 Å². The van der Waals surface area contributed by atoms with E-state index in [2.05, 4.69) is 15.5 Å². The Hall–Kier alpha value is -4.23. The maximum absolute atomic E-state index is 13.3. The van der Waals surface area contributed by atoms with E-state index in [4.69, 9.17) is 11.6 Å². The predicted octanol–water partition coefficient (Wildman–Crippen LogP) is 4.14. The van der Waals surface area contributed by atoms with E-state index in [0.717, 1.165) is 15.8 Å². The molecule has 8 heteroatoms. The third-order valence-electron chi connectivity index (χ3n) is 5.30. The van der Waals surface area contributed by atoms with Crippen LogP contribution in [0, 0.1) is 0 Å². The monoisotopic (exact) mass is 455 g/mol. The molecule has 0 aliphatic carbocycles. The highest BCUT2D eigenvalue weighted by molar-refractivity contribution is 6.30. The molecule has 2 heterocycles. The van der Waals surface area contributed by atoms with Crippen LogP contribution in [-0.4, -0.2) is 25.3 Å². The van der Waals surface area contributed by atoms with Gasteiger partial charge in [0.15, 0.2) is 5.65 Å². The second-order valence-electron chi connectivity index (χ2n) is 7.42. The number of rotatable bonds is 5. The summed E-state index contributed by atoms with van der Waals surface area (Å²) in [6.07, 6.45) is 2.72. The number of fused-ring (bicyclic) bond motifs is 1. The van der Waals surface area contributed by atoms with Crippen LogP contribution in [0.15, 0.2) is 102 Å². The average molecular weight is 456 g/mol. The largest absolute Gasteiger partial charge is 0.283 e. The van der Waals surface area contributed by atoms with Crippen molar-refractivity contribution in [1.29, 1.82) is 0 Å². The van der Waals surface area contributed by atoms with Gasteiger partial charge in [-0.05, 0) is 29.3 Å². The second kappa shape index (κ2) is 8.72. The van der Waals surface area contributed by atoms with Gasteiger partial charge in [-0.25, -0.2) is 14.3 Å². The van der Waals surface area contributed by atoms with E-state index in [0.29, 0.717) is 16.4 Å². The molecule has 0 bridgehead atoms. The number of aromatic nitrogens is 4. The number of amides is 1. The Balaban J connectivity index is 1.51. The van der Waals surface area contributed by atoms with Gasteiger partial charge >= 0.3 is 0 Å². The molecule has 0 aliphatic rings. The summed E-state index contributed by atoms with van der Waals surface area (Å²) in [7, 11) is 0. The van der Waals surface area contributed by atoms with Crippen molar-refractivity contribution < 1.29 is 4.79 Å². The molecule has 0 saturated carbocycles. The van der Waals surface area contributed by atoms with Crippen molar-refractivity contribution >= 4 is 28.5 Å². The molecule has 0 atom stereocenters. The molecule has 0 saturated heterocycles. The fraction of sp³-hybridized carbons (Fsp3) is 0.0400. The second-order valence-corrected chi connectivity index (χ2v) is 7.86. The van der Waals surface area contributed by atoms with Crippen LogP contribution in [0.25, 0.3) is 16.7 Å². The predicted molar refractivity (Wildman–Crippen MR) is 127 cm³/mol. The van der Waals surface area contributed by atoms with E-state index >= 15 is 0 Å². The van der Waals surface area contributed by atoms with Crippen LogP contribution in [0.4, 0.5) is 0 Å². The van der Waals surface area contributed by atoms with Crippen LogP contribution in [-0.2, 0) is 4.79 Å². The minimum Gasteiger partial charge on any atom is -0.272 e. The van der Waals surface area contributed by atoms with Crippen LogP contribution in [0.5, 0.6) is 0 Å². The molecule has 1 N–H and O–H groups in total. The van der Waals surface area contributed by atoms with Gasteiger partial charge in [-0.2, -0.15) is 5.10 Å². The van der Waals surface area contributed by atoms with Crippen LogP contribution >= 0.6 is 11.6 Å². The summed E-state index contributed by atoms with van der Waals surface area (Å²) in [4.78, 5) is 30.8. The number of nitrogens with one attached hydrogen (secondary N) is 1. The average Bonchev–Trinajstić information content (AvgIpc) is 3.27. The Morgan fingerprint density at radius 2 is 1.58 bits per heavy atom. The molecule has 3 aromatic carbocycles. The van der Waals surface area contributed by atoms with E-state index in [9.17, 15) is 9.59 Å². The Kier molecular flexibility index (Phi) is 5.46. The molecule has 5 aromatic rings. The molecule has 0 radical (unpaired) electrons. The molecule has 2 aromatic heterocycles. The van der Waals surface area contributed by atoms with E-state index in [1.807, 2.05) is 66.7 Å². The van der Waals surface area contributed by atoms with Gasteiger partial charge in [0.05, 0.1) is 17.8 Å². The molecule has 0 unspecified atom stereocenters. The lowest BCUT2D eigenvalue weighted by Crippen LogP contribution is -2.36. The van der Waals surface area contributed by atoms with Crippen LogP contribution < -0.4 is 11.0 Å². The SMILES string of the molecule is O=C(Nn1cnc2c(cnn2-c2cccc(Cl)c2)c1=O)C(c1ccccc1)c1ccccc1. The molecule has 0 fully saturated rings. The molecule has 33 heavy (non-hydrogen) atoms. The van der Waals surface area contributed by atoms with Crippen molar-refractivity contribution in [3.05, 3.63) is 124 Å². The van der Waals surface area contributed by atoms with Gasteiger partial charge in [-0.15, -0.1) is 0 Å². The number of carbonyl (C=O) groups is 1. The minimum absolute atomic E-state index is 0.272. The highest BCUT2D eigenvalue weighted by Gasteiger charge is 2.23. The molecule has 1 amide bonds. The van der Waals surface area contributed by atoms with Gasteiger partial charge in [0.2, 0.25) is 0 Å². The topological polar surface area (TPSA) is 81.8 Å². The molecule has 7 nitrogen and oxygen atoms in total. The highest BCUT2D eigenvalue weighted by atomic mass is 35.5. The Bertz CT molecular complexity index is 1460. The van der Waals surface area contributed by atoms with Crippen molar-refractivity contribution in [2.45, 2.75) is 5.92 Å². The maximum atomic E-state index is 13.3. The first-order valence-electron chi connectivity index (χ1n) is 10.2. The fourth-order valence-electron chi connectivity index (χ4n) is 3.76. The summed E-state index contributed by atoms with van der Waals surface area (Å²) >= 11 is 6.08. The first-order chi connectivity index (χ1) is 16.1. The van der Waals surface area contributed by atoms with Gasteiger partial charge < -0.3 is 0 Å². The summed E-state index contributed by atoms with van der Waals surface area (Å²) in [5.74, 6) is -0.943. The lowest BCUT2D eigenvalue weighted by molar-refractivity contribution is -0.117. The lowest BCUT2D eigenvalue weighted by Gasteiger charge is -2.18. The molecule has 5 rings (SSSR count). The number of nitrogens with zero attached hydrogens (tertiary/aromatic N) is 4. The highest BCUT2D eigenvalue weighted by Crippen LogP contribution is 2.25. The molecule has 0 aliphatic heterocycles. The summed E-state index contributed by atoms with van der Waals surface area (Å²) in [5, 5.41) is 5.11. The third kappa shape index (κ3) is 4.02. The summed E-state index contributed by atoms with van der Waals surface area (Å²) < 4.78 is 2.62. The van der Waals surface area contributed by atoms with Gasteiger partial charge in [0.25, 0.3) is 11.5 Å². The molecular formula is C25H18ClN5O2. The summed E-state index contributed by atoms with van der Waals surface area (Å²) in [6, 6.07) is 25.9. The first kappa shape index (κ1) is 20.7. The van der Waals surface area contributed by atoms with Crippen LogP contribution in [0.2, 0.25) is 5.02 Å². The van der Waals surface area contributed by atoms with E-state index in [-0.39, 0.29) is 11.3 Å². The van der Waals surface area contributed by atoms with E-state index in [1.165, 1.54) is 17.2 Å². The molecule has 0 spiro atoms. The molecular weight excluding hydrogens is 438 g/mol. The van der Waals surface area contributed by atoms with Crippen molar-refractivity contribution in [3.8, 4) is 5.69 Å². The summed E-state index contributed by atoms with van der Waals surface area (Å²) in [5.41, 5.74) is 4.96. The Morgan fingerprint density at radius 1 is 0.909 bits per heavy atom. The number of carbonyl (C=O) groups excluding carboxylic acids is 1. The number of benzene rings is 3. The standard InChI is InChI=1S/C25H18ClN5O2/c26-19-12-7-13-20(14-19)31-23-21(15-28-31)25(33)30(16-27-23)29-24(32)22(17-8-3-1-4-9-17)18-10-5-2-6-11-18/h1-16,22H,(H,29,32).